The van der Waals surface area contributed by atoms with Crippen LogP contribution >= 0.6 is 11.6 Å². The van der Waals surface area contributed by atoms with E-state index in [1.165, 1.54) is 13.1 Å². The molecule has 0 aliphatic heterocycles. The predicted octanol–water partition coefficient (Wildman–Crippen LogP) is 2.64. The molecule has 1 rings (SSSR count). The third kappa shape index (κ3) is 1.87. The zero-order valence-corrected chi connectivity index (χ0v) is 9.22. The van der Waals surface area contributed by atoms with Crippen LogP contribution in [0, 0.1) is 0 Å². The van der Waals surface area contributed by atoms with E-state index in [1.807, 2.05) is 13.8 Å². The van der Waals surface area contributed by atoms with E-state index in [2.05, 4.69) is 4.98 Å². The third-order valence-corrected chi connectivity index (χ3v) is 2.33. The molecule has 0 aliphatic carbocycles. The number of nitrogens with zero attached hydrogens (tertiary/aromatic N) is 1. The second-order valence-electron chi connectivity index (χ2n) is 3.49. The van der Waals surface area contributed by atoms with E-state index in [4.69, 9.17) is 17.3 Å². The summed E-state index contributed by atoms with van der Waals surface area (Å²) < 4.78 is 0. The van der Waals surface area contributed by atoms with Gasteiger partial charge in [0.05, 0.1) is 10.6 Å². The van der Waals surface area contributed by atoms with E-state index in [0.29, 0.717) is 10.6 Å². The number of nitrogens with two attached hydrogens (primary N) is 1. The minimum Gasteiger partial charge on any atom is -0.383 e. The molecule has 3 nitrogen and oxygen atoms in total. The molecule has 0 aliphatic rings. The molecule has 4 heteroatoms. The first-order valence-electron chi connectivity index (χ1n) is 4.40. The Hall–Kier alpha value is -1.09. The molecule has 1 aromatic rings. The molecule has 14 heavy (non-hydrogen) atoms. The Morgan fingerprint density at radius 1 is 1.57 bits per heavy atom. The van der Waals surface area contributed by atoms with Gasteiger partial charge in [-0.2, -0.15) is 0 Å². The quantitative estimate of drug-likeness (QED) is 0.767. The van der Waals surface area contributed by atoms with Crippen molar-refractivity contribution in [2.75, 3.05) is 5.73 Å². The van der Waals surface area contributed by atoms with Crippen molar-refractivity contribution in [1.29, 1.82) is 0 Å². The minimum absolute atomic E-state index is 0.0961. The summed E-state index contributed by atoms with van der Waals surface area (Å²) in [6, 6.07) is 0. The van der Waals surface area contributed by atoms with Crippen LogP contribution in [0.4, 0.5) is 5.82 Å². The van der Waals surface area contributed by atoms with Crippen LogP contribution in [0.2, 0.25) is 5.02 Å². The second kappa shape index (κ2) is 3.96. The molecule has 0 bridgehead atoms. The third-order valence-electron chi connectivity index (χ3n) is 2.03. The SMILES string of the molecule is CC(=O)c1c(N)ncc(Cl)c1C(C)C. The van der Waals surface area contributed by atoms with Gasteiger partial charge in [-0.1, -0.05) is 25.4 Å². The Kier molecular flexibility index (Phi) is 3.11. The highest BCUT2D eigenvalue weighted by Crippen LogP contribution is 2.30. The number of carbonyl (C=O) groups is 1. The van der Waals surface area contributed by atoms with Crippen molar-refractivity contribution >= 4 is 23.2 Å². The first-order valence-corrected chi connectivity index (χ1v) is 4.77. The van der Waals surface area contributed by atoms with Crippen molar-refractivity contribution in [1.82, 2.24) is 4.98 Å². The largest absolute Gasteiger partial charge is 0.383 e. The molecule has 0 amide bonds. The van der Waals surface area contributed by atoms with E-state index in [9.17, 15) is 4.79 Å². The number of carbonyl (C=O) groups excluding carboxylic acids is 1. The lowest BCUT2D eigenvalue weighted by Gasteiger charge is -2.13. The van der Waals surface area contributed by atoms with Crippen LogP contribution < -0.4 is 5.73 Å². The van der Waals surface area contributed by atoms with Gasteiger partial charge in [0, 0.05) is 6.20 Å². The summed E-state index contributed by atoms with van der Waals surface area (Å²) in [4.78, 5) is 15.2. The number of ketones is 1. The molecule has 2 N–H and O–H groups in total. The number of hydrogen-bond acceptors (Lipinski definition) is 3. The Balaban J connectivity index is 3.50. The van der Waals surface area contributed by atoms with Gasteiger partial charge in [-0.3, -0.25) is 4.79 Å². The molecule has 76 valence electrons. The van der Waals surface area contributed by atoms with Crippen LogP contribution in [-0.2, 0) is 0 Å². The summed E-state index contributed by atoms with van der Waals surface area (Å²) in [5, 5.41) is 0.499. The molecule has 0 fully saturated rings. The Labute approximate surface area is 88.3 Å². The summed E-state index contributed by atoms with van der Waals surface area (Å²) in [5.74, 6) is 0.318. The molecular weight excluding hydrogens is 200 g/mol. The highest BCUT2D eigenvalue weighted by atomic mass is 35.5. The van der Waals surface area contributed by atoms with Gasteiger partial charge in [-0.05, 0) is 18.4 Å². The second-order valence-corrected chi connectivity index (χ2v) is 3.90. The predicted molar refractivity (Wildman–Crippen MR) is 57.8 cm³/mol. The van der Waals surface area contributed by atoms with Crippen LogP contribution in [0.15, 0.2) is 6.20 Å². The standard InChI is InChI=1S/C10H13ClN2O/c1-5(2)8-7(11)4-13-10(12)9(8)6(3)14/h4-5H,1-3H3,(H2,12,13). The molecule has 0 aromatic carbocycles. The molecule has 0 unspecified atom stereocenters. The van der Waals surface area contributed by atoms with E-state index >= 15 is 0 Å². The Bertz CT molecular complexity index is 375. The van der Waals surface area contributed by atoms with E-state index in [1.54, 1.807) is 0 Å². The fourth-order valence-corrected chi connectivity index (χ4v) is 1.81. The van der Waals surface area contributed by atoms with Gasteiger partial charge in [-0.15, -0.1) is 0 Å². The molecule has 0 spiro atoms. The molecule has 0 saturated carbocycles. The van der Waals surface area contributed by atoms with Gasteiger partial charge >= 0.3 is 0 Å². The topological polar surface area (TPSA) is 56.0 Å². The minimum atomic E-state index is -0.0961. The van der Waals surface area contributed by atoms with Gasteiger partial charge in [-0.25, -0.2) is 4.98 Å². The first-order chi connectivity index (χ1) is 6.45. The number of halogens is 1. The van der Waals surface area contributed by atoms with Crippen LogP contribution in [0.5, 0.6) is 0 Å². The first kappa shape index (κ1) is 11.0. The molecule has 0 atom stereocenters. The van der Waals surface area contributed by atoms with Gasteiger partial charge in [0.25, 0.3) is 0 Å². The number of nitrogen functional groups attached to an aromatic ring is 1. The van der Waals surface area contributed by atoms with Crippen molar-refractivity contribution in [2.24, 2.45) is 0 Å². The normalized spacial score (nSPS) is 10.6. The van der Waals surface area contributed by atoms with Crippen molar-refractivity contribution in [3.05, 3.63) is 22.3 Å². The van der Waals surface area contributed by atoms with Crippen LogP contribution in [0.3, 0.4) is 0 Å². The fraction of sp³-hybridized carbons (Fsp3) is 0.400. The monoisotopic (exact) mass is 212 g/mol. The zero-order valence-electron chi connectivity index (χ0n) is 8.47. The summed E-state index contributed by atoms with van der Waals surface area (Å²) in [6.07, 6.45) is 1.48. The van der Waals surface area contributed by atoms with Crippen molar-refractivity contribution in [3.8, 4) is 0 Å². The lowest BCUT2D eigenvalue weighted by molar-refractivity contribution is 0.101. The summed E-state index contributed by atoms with van der Waals surface area (Å²) in [5.41, 5.74) is 6.87. The van der Waals surface area contributed by atoms with Crippen LogP contribution in [0.1, 0.15) is 42.6 Å². The number of aromatic nitrogens is 1. The van der Waals surface area contributed by atoms with Gasteiger partial charge in [0.15, 0.2) is 5.78 Å². The lowest BCUT2D eigenvalue weighted by atomic mass is 9.96. The molecule has 0 radical (unpaired) electrons. The van der Waals surface area contributed by atoms with Crippen molar-refractivity contribution in [3.63, 3.8) is 0 Å². The number of hydrogen-bond donors (Lipinski definition) is 1. The van der Waals surface area contributed by atoms with Crippen molar-refractivity contribution < 1.29 is 4.79 Å². The molecular formula is C10H13ClN2O. The number of Topliss-reactive ketones (excluding diaryl/α,β-unsaturated/α-hetero) is 1. The average Bonchev–Trinajstić information content (AvgIpc) is 2.07. The Morgan fingerprint density at radius 2 is 2.14 bits per heavy atom. The average molecular weight is 213 g/mol. The summed E-state index contributed by atoms with van der Waals surface area (Å²) in [6.45, 7) is 5.40. The maximum atomic E-state index is 11.4. The summed E-state index contributed by atoms with van der Waals surface area (Å²) >= 11 is 5.97. The molecule has 0 saturated heterocycles. The highest BCUT2D eigenvalue weighted by molar-refractivity contribution is 6.32. The van der Waals surface area contributed by atoms with E-state index in [0.717, 1.165) is 5.56 Å². The fourth-order valence-electron chi connectivity index (χ4n) is 1.45. The van der Waals surface area contributed by atoms with E-state index in [-0.39, 0.29) is 17.5 Å². The van der Waals surface area contributed by atoms with Crippen LogP contribution in [-0.4, -0.2) is 10.8 Å². The zero-order chi connectivity index (χ0) is 10.9. The van der Waals surface area contributed by atoms with Gasteiger partial charge in [0.1, 0.15) is 5.82 Å². The Morgan fingerprint density at radius 3 is 2.50 bits per heavy atom. The smallest absolute Gasteiger partial charge is 0.163 e. The number of rotatable bonds is 2. The number of pyridine rings is 1. The maximum absolute atomic E-state index is 11.4. The maximum Gasteiger partial charge on any atom is 0.163 e. The van der Waals surface area contributed by atoms with Crippen molar-refractivity contribution in [2.45, 2.75) is 26.7 Å². The summed E-state index contributed by atoms with van der Waals surface area (Å²) in [7, 11) is 0. The lowest BCUT2D eigenvalue weighted by Crippen LogP contribution is -2.08. The molecule has 1 heterocycles. The molecule has 1 aromatic heterocycles. The highest BCUT2D eigenvalue weighted by Gasteiger charge is 2.17. The van der Waals surface area contributed by atoms with Gasteiger partial charge in [0.2, 0.25) is 0 Å². The van der Waals surface area contributed by atoms with Gasteiger partial charge < -0.3 is 5.73 Å². The van der Waals surface area contributed by atoms with E-state index < -0.39 is 0 Å². The number of anilines is 1. The van der Waals surface area contributed by atoms with Crippen LogP contribution in [0.25, 0.3) is 0 Å².